The van der Waals surface area contributed by atoms with Crippen LogP contribution in [0.5, 0.6) is 0 Å². The highest BCUT2D eigenvalue weighted by Crippen LogP contribution is 2.22. The van der Waals surface area contributed by atoms with Crippen molar-refractivity contribution in [1.29, 1.82) is 0 Å². The van der Waals surface area contributed by atoms with Gasteiger partial charge in [0.25, 0.3) is 0 Å². The molecule has 0 aromatic heterocycles. The Morgan fingerprint density at radius 2 is 1.55 bits per heavy atom. The lowest BCUT2D eigenvalue weighted by Gasteiger charge is -2.28. The third-order valence-corrected chi connectivity index (χ3v) is 5.61. The van der Waals surface area contributed by atoms with Gasteiger partial charge in [-0.2, -0.15) is 0 Å². The van der Waals surface area contributed by atoms with Crippen molar-refractivity contribution in [2.45, 2.75) is 13.0 Å². The van der Waals surface area contributed by atoms with Gasteiger partial charge >= 0.3 is 0 Å². The molecule has 1 saturated heterocycles. The monoisotopic (exact) mass is 415 g/mol. The first-order valence-electron chi connectivity index (χ1n) is 10.8. The zero-order valence-electron chi connectivity index (χ0n) is 17.9. The molecule has 0 bridgehead atoms. The molecule has 1 aliphatic heterocycles. The van der Waals surface area contributed by atoms with Gasteiger partial charge in [0.1, 0.15) is 0 Å². The van der Waals surface area contributed by atoms with Crippen molar-refractivity contribution in [3.05, 3.63) is 84.4 Å². The minimum absolute atomic E-state index is 0.0492. The second-order valence-corrected chi connectivity index (χ2v) is 7.79. The van der Waals surface area contributed by atoms with E-state index in [1.165, 1.54) is 11.1 Å². The van der Waals surface area contributed by atoms with Crippen LogP contribution in [0.4, 0.5) is 11.4 Å². The van der Waals surface area contributed by atoms with Crippen LogP contribution in [0.25, 0.3) is 11.1 Å². The van der Waals surface area contributed by atoms with Crippen LogP contribution in [0, 0.1) is 0 Å². The van der Waals surface area contributed by atoms with Crippen molar-refractivity contribution in [1.82, 2.24) is 5.32 Å². The summed E-state index contributed by atoms with van der Waals surface area (Å²) in [5, 5.41) is 6.27. The third-order valence-electron chi connectivity index (χ3n) is 5.61. The first-order chi connectivity index (χ1) is 15.2. The Morgan fingerprint density at radius 1 is 0.903 bits per heavy atom. The summed E-state index contributed by atoms with van der Waals surface area (Å²) >= 11 is 0. The van der Waals surface area contributed by atoms with E-state index in [-0.39, 0.29) is 18.5 Å². The van der Waals surface area contributed by atoms with Crippen LogP contribution in [-0.4, -0.2) is 38.8 Å². The summed E-state index contributed by atoms with van der Waals surface area (Å²) in [7, 11) is 0. The highest BCUT2D eigenvalue weighted by atomic mass is 16.5. The molecule has 1 amide bonds. The van der Waals surface area contributed by atoms with Crippen LogP contribution in [0.3, 0.4) is 0 Å². The van der Waals surface area contributed by atoms with Crippen LogP contribution >= 0.6 is 0 Å². The molecule has 1 fully saturated rings. The Kier molecular flexibility index (Phi) is 6.97. The Bertz CT molecular complexity index is 966. The maximum atomic E-state index is 12.4. The molecule has 31 heavy (non-hydrogen) atoms. The molecule has 5 heteroatoms. The largest absolute Gasteiger partial charge is 0.378 e. The molecule has 2 N–H and O–H groups in total. The van der Waals surface area contributed by atoms with Crippen molar-refractivity contribution < 1.29 is 9.53 Å². The van der Waals surface area contributed by atoms with Gasteiger partial charge in [-0.25, -0.2) is 0 Å². The molecule has 1 atom stereocenters. The summed E-state index contributed by atoms with van der Waals surface area (Å²) in [5.41, 5.74) is 5.52. The van der Waals surface area contributed by atoms with E-state index in [0.29, 0.717) is 0 Å². The van der Waals surface area contributed by atoms with Crippen LogP contribution in [-0.2, 0) is 9.53 Å². The normalized spacial score (nSPS) is 14.8. The van der Waals surface area contributed by atoms with E-state index in [1.54, 1.807) is 0 Å². The fourth-order valence-corrected chi connectivity index (χ4v) is 3.74. The fourth-order valence-electron chi connectivity index (χ4n) is 3.74. The molecule has 3 aromatic carbocycles. The predicted molar refractivity (Wildman–Crippen MR) is 126 cm³/mol. The summed E-state index contributed by atoms with van der Waals surface area (Å²) in [4.78, 5) is 14.7. The lowest BCUT2D eigenvalue weighted by atomic mass is 10.0. The SMILES string of the molecule is C[C@@H](NCC(=O)Nc1ccc(N2CCOCC2)cc1)c1ccc(-c2ccccc2)cc1. The predicted octanol–water partition coefficient (Wildman–Crippen LogP) is 4.48. The number of ether oxygens (including phenoxy) is 1. The molecular formula is C26H29N3O2. The molecular weight excluding hydrogens is 386 g/mol. The number of nitrogens with one attached hydrogen (secondary N) is 2. The molecule has 0 radical (unpaired) electrons. The van der Waals surface area contributed by atoms with E-state index in [4.69, 9.17) is 4.74 Å². The topological polar surface area (TPSA) is 53.6 Å². The smallest absolute Gasteiger partial charge is 0.238 e. The number of carbonyl (C=O) groups excluding carboxylic acids is 1. The number of amides is 1. The number of hydrogen-bond acceptors (Lipinski definition) is 4. The van der Waals surface area contributed by atoms with Crippen molar-refractivity contribution >= 4 is 17.3 Å². The number of rotatable bonds is 7. The first-order valence-corrected chi connectivity index (χ1v) is 10.8. The van der Waals surface area contributed by atoms with Crippen molar-refractivity contribution in [2.75, 3.05) is 43.1 Å². The molecule has 0 saturated carbocycles. The van der Waals surface area contributed by atoms with Crippen molar-refractivity contribution in [3.8, 4) is 11.1 Å². The molecule has 0 aliphatic carbocycles. The molecule has 3 aromatic rings. The molecule has 160 valence electrons. The summed E-state index contributed by atoms with van der Waals surface area (Å²) in [5.74, 6) is -0.0492. The quantitative estimate of drug-likeness (QED) is 0.597. The second-order valence-electron chi connectivity index (χ2n) is 7.79. The van der Waals surface area contributed by atoms with Crippen LogP contribution in [0.2, 0.25) is 0 Å². The van der Waals surface area contributed by atoms with Gasteiger partial charge in [0.15, 0.2) is 0 Å². The van der Waals surface area contributed by atoms with Crippen molar-refractivity contribution in [3.63, 3.8) is 0 Å². The summed E-state index contributed by atoms with van der Waals surface area (Å²) < 4.78 is 5.40. The fraction of sp³-hybridized carbons (Fsp3) is 0.269. The Labute approximate surface area is 184 Å². The highest BCUT2D eigenvalue weighted by molar-refractivity contribution is 5.92. The number of hydrogen-bond donors (Lipinski definition) is 2. The van der Waals surface area contributed by atoms with Gasteiger partial charge in [-0.15, -0.1) is 0 Å². The molecule has 0 spiro atoms. The highest BCUT2D eigenvalue weighted by Gasteiger charge is 2.12. The molecule has 1 aliphatic rings. The minimum atomic E-state index is -0.0492. The van der Waals surface area contributed by atoms with Gasteiger partial charge in [-0.05, 0) is 47.9 Å². The standard InChI is InChI=1S/C26H29N3O2/c1-20(21-7-9-23(10-8-21)22-5-3-2-4-6-22)27-19-26(30)28-24-11-13-25(14-12-24)29-15-17-31-18-16-29/h2-14,20,27H,15-19H2,1H3,(H,28,30)/t20-/m1/s1. The Morgan fingerprint density at radius 3 is 2.23 bits per heavy atom. The average molecular weight is 416 g/mol. The molecule has 4 rings (SSSR count). The Hall–Kier alpha value is -3.15. The van der Waals surface area contributed by atoms with Crippen LogP contribution in [0.1, 0.15) is 18.5 Å². The summed E-state index contributed by atoms with van der Waals surface area (Å²) in [6.07, 6.45) is 0. The number of anilines is 2. The second kappa shape index (κ2) is 10.2. The summed E-state index contributed by atoms with van der Waals surface area (Å²) in [6.45, 7) is 5.66. The number of nitrogens with zero attached hydrogens (tertiary/aromatic N) is 1. The summed E-state index contributed by atoms with van der Waals surface area (Å²) in [6, 6.07) is 26.9. The number of morpholine rings is 1. The zero-order chi connectivity index (χ0) is 21.5. The van der Waals surface area contributed by atoms with Gasteiger partial charge in [0.05, 0.1) is 19.8 Å². The lowest BCUT2D eigenvalue weighted by Crippen LogP contribution is -2.36. The van der Waals surface area contributed by atoms with E-state index in [0.717, 1.165) is 43.2 Å². The maximum absolute atomic E-state index is 12.4. The Balaban J connectivity index is 1.26. The first kappa shape index (κ1) is 21.1. The van der Waals surface area contributed by atoms with Gasteiger partial charge < -0.3 is 20.3 Å². The van der Waals surface area contributed by atoms with E-state index < -0.39 is 0 Å². The van der Waals surface area contributed by atoms with Gasteiger partial charge in [0, 0.05) is 30.5 Å². The third kappa shape index (κ3) is 5.72. The van der Waals surface area contributed by atoms with E-state index in [1.807, 2.05) is 42.5 Å². The van der Waals surface area contributed by atoms with Gasteiger partial charge in [-0.1, -0.05) is 54.6 Å². The zero-order valence-corrected chi connectivity index (χ0v) is 17.9. The molecule has 5 nitrogen and oxygen atoms in total. The number of benzene rings is 3. The van der Waals surface area contributed by atoms with E-state index in [2.05, 4.69) is 58.9 Å². The van der Waals surface area contributed by atoms with Crippen molar-refractivity contribution in [2.24, 2.45) is 0 Å². The maximum Gasteiger partial charge on any atom is 0.238 e. The molecule has 1 heterocycles. The van der Waals surface area contributed by atoms with Crippen LogP contribution < -0.4 is 15.5 Å². The van der Waals surface area contributed by atoms with Gasteiger partial charge in [0.2, 0.25) is 5.91 Å². The van der Waals surface area contributed by atoms with Gasteiger partial charge in [-0.3, -0.25) is 4.79 Å². The minimum Gasteiger partial charge on any atom is -0.378 e. The molecule has 0 unspecified atom stereocenters. The number of carbonyl (C=O) groups is 1. The van der Waals surface area contributed by atoms with E-state index >= 15 is 0 Å². The van der Waals surface area contributed by atoms with E-state index in [9.17, 15) is 4.79 Å². The average Bonchev–Trinajstić information content (AvgIpc) is 2.84. The van der Waals surface area contributed by atoms with Crippen LogP contribution in [0.15, 0.2) is 78.9 Å². The lowest BCUT2D eigenvalue weighted by molar-refractivity contribution is -0.115.